The fraction of sp³-hybridized carbons (Fsp3) is 0.733. The van der Waals surface area contributed by atoms with Gasteiger partial charge >= 0.3 is 0 Å². The third-order valence-electron chi connectivity index (χ3n) is 3.38. The van der Waals surface area contributed by atoms with Gasteiger partial charge in [-0.2, -0.15) is 0 Å². The smallest absolute Gasteiger partial charge is 0.244 e. The summed E-state index contributed by atoms with van der Waals surface area (Å²) in [6, 6.07) is 0. The van der Waals surface area contributed by atoms with E-state index in [2.05, 4.69) is 10.3 Å². The van der Waals surface area contributed by atoms with Crippen LogP contribution in [0.3, 0.4) is 0 Å². The van der Waals surface area contributed by atoms with E-state index in [-0.39, 0.29) is 12.8 Å². The molecule has 1 aromatic rings. The molecule has 0 bridgehead atoms. The molecule has 0 spiro atoms. The molecular formula is C15H28N2O3S2. The number of anilines is 1. The summed E-state index contributed by atoms with van der Waals surface area (Å²) < 4.78 is 24.8. The Bertz CT molecular complexity index is 631. The first-order valence-corrected chi connectivity index (χ1v) is 9.86. The van der Waals surface area contributed by atoms with Crippen LogP contribution in [0.15, 0.2) is 5.38 Å². The van der Waals surface area contributed by atoms with Crippen LogP contribution in [0, 0.1) is 5.92 Å². The van der Waals surface area contributed by atoms with E-state index in [9.17, 15) is 13.2 Å². The molecule has 0 saturated heterocycles. The Labute approximate surface area is 138 Å². The van der Waals surface area contributed by atoms with Gasteiger partial charge in [0, 0.05) is 12.2 Å². The highest BCUT2D eigenvalue weighted by molar-refractivity contribution is 7.93. The van der Waals surface area contributed by atoms with Crippen molar-refractivity contribution in [2.24, 2.45) is 5.92 Å². The molecular weight excluding hydrogens is 320 g/mol. The molecule has 0 saturated carbocycles. The number of amides is 1. The predicted octanol–water partition coefficient (Wildman–Crippen LogP) is 3.47. The minimum absolute atomic E-state index is 0. The number of aromatic nitrogens is 1. The molecule has 1 aromatic heterocycles. The van der Waals surface area contributed by atoms with Crippen molar-refractivity contribution in [1.82, 2.24) is 4.98 Å². The second kappa shape index (κ2) is 6.66. The highest BCUT2D eigenvalue weighted by Crippen LogP contribution is 2.27. The minimum atomic E-state index is -3.51. The van der Waals surface area contributed by atoms with E-state index in [1.165, 1.54) is 11.3 Å². The number of thiazole rings is 1. The van der Waals surface area contributed by atoms with Crippen LogP contribution in [0.2, 0.25) is 0 Å². The SMILES string of the molecule is CC(C)C(C(=O)Nc1nc(C(C)(C)C)cs1)S(=O)(=O)C(C)C.[HH]. The van der Waals surface area contributed by atoms with Crippen LogP contribution < -0.4 is 5.32 Å². The molecule has 0 fully saturated rings. The second-order valence-corrected chi connectivity index (χ2v) is 10.6. The second-order valence-electron chi connectivity index (χ2n) is 7.08. The van der Waals surface area contributed by atoms with E-state index in [4.69, 9.17) is 0 Å². The lowest BCUT2D eigenvalue weighted by Gasteiger charge is -2.22. The number of carbonyl (C=O) groups excluding carboxylic acids is 1. The molecule has 1 heterocycles. The zero-order valence-electron chi connectivity index (χ0n) is 14.3. The van der Waals surface area contributed by atoms with E-state index >= 15 is 0 Å². The number of carbonyl (C=O) groups is 1. The molecule has 1 amide bonds. The monoisotopic (exact) mass is 348 g/mol. The first kappa shape index (κ1) is 19.1. The van der Waals surface area contributed by atoms with Crippen molar-refractivity contribution in [2.75, 3.05) is 5.32 Å². The van der Waals surface area contributed by atoms with Crippen molar-refractivity contribution >= 4 is 32.2 Å². The first-order valence-electron chi connectivity index (χ1n) is 7.37. The van der Waals surface area contributed by atoms with Crippen LogP contribution in [0.25, 0.3) is 0 Å². The van der Waals surface area contributed by atoms with E-state index in [1.54, 1.807) is 27.7 Å². The first-order chi connectivity index (χ1) is 9.87. The van der Waals surface area contributed by atoms with Gasteiger partial charge in [-0.25, -0.2) is 13.4 Å². The summed E-state index contributed by atoms with van der Waals surface area (Å²) in [4.78, 5) is 16.8. The number of rotatable bonds is 5. The van der Waals surface area contributed by atoms with Gasteiger partial charge in [-0.1, -0.05) is 34.6 Å². The average molecular weight is 349 g/mol. The third-order valence-corrected chi connectivity index (χ3v) is 6.92. The van der Waals surface area contributed by atoms with E-state index in [1.807, 2.05) is 26.2 Å². The maximum absolute atomic E-state index is 12.4. The van der Waals surface area contributed by atoms with E-state index in [0.717, 1.165) is 5.69 Å². The van der Waals surface area contributed by atoms with Gasteiger partial charge in [-0.15, -0.1) is 11.3 Å². The Kier molecular flexibility index (Phi) is 5.78. The fourth-order valence-electron chi connectivity index (χ4n) is 1.98. The summed E-state index contributed by atoms with van der Waals surface area (Å²) in [6.45, 7) is 12.8. The number of hydrogen-bond acceptors (Lipinski definition) is 5. The highest BCUT2D eigenvalue weighted by atomic mass is 32.2. The van der Waals surface area contributed by atoms with Crippen LogP contribution in [0.5, 0.6) is 0 Å². The minimum Gasteiger partial charge on any atom is -0.301 e. The molecule has 1 N–H and O–H groups in total. The lowest BCUT2D eigenvalue weighted by Crippen LogP contribution is -2.42. The zero-order chi connectivity index (χ0) is 17.3. The molecule has 1 atom stereocenters. The topological polar surface area (TPSA) is 76.1 Å². The van der Waals surface area contributed by atoms with Gasteiger partial charge in [0.2, 0.25) is 5.91 Å². The van der Waals surface area contributed by atoms with Crippen LogP contribution in [-0.4, -0.2) is 29.8 Å². The molecule has 0 aromatic carbocycles. The average Bonchev–Trinajstić information content (AvgIpc) is 2.75. The Morgan fingerprint density at radius 1 is 1.27 bits per heavy atom. The van der Waals surface area contributed by atoms with E-state index < -0.39 is 26.2 Å². The normalized spacial score (nSPS) is 14.4. The Morgan fingerprint density at radius 2 is 1.82 bits per heavy atom. The zero-order valence-corrected chi connectivity index (χ0v) is 15.9. The third kappa shape index (κ3) is 4.29. The van der Waals surface area contributed by atoms with Crippen LogP contribution in [-0.2, 0) is 20.0 Å². The summed E-state index contributed by atoms with van der Waals surface area (Å²) >= 11 is 1.32. The largest absolute Gasteiger partial charge is 0.301 e. The summed E-state index contributed by atoms with van der Waals surface area (Å²) in [5.41, 5.74) is 0.765. The maximum atomic E-state index is 12.4. The Balaban J connectivity index is 0.00000484. The molecule has 1 unspecified atom stereocenters. The molecule has 0 aliphatic carbocycles. The Hall–Kier alpha value is -0.950. The van der Waals surface area contributed by atoms with Crippen molar-refractivity contribution in [2.45, 2.75) is 64.4 Å². The quantitative estimate of drug-likeness (QED) is 0.884. The van der Waals surface area contributed by atoms with Crippen molar-refractivity contribution in [3.8, 4) is 0 Å². The van der Waals surface area contributed by atoms with Crippen LogP contribution in [0.1, 0.15) is 55.6 Å². The molecule has 128 valence electrons. The van der Waals surface area contributed by atoms with Crippen molar-refractivity contribution in [1.29, 1.82) is 0 Å². The van der Waals surface area contributed by atoms with Gasteiger partial charge < -0.3 is 5.32 Å². The van der Waals surface area contributed by atoms with Crippen molar-refractivity contribution in [3.05, 3.63) is 11.1 Å². The van der Waals surface area contributed by atoms with Gasteiger partial charge in [0.15, 0.2) is 15.0 Å². The lowest BCUT2D eigenvalue weighted by molar-refractivity contribution is -0.116. The predicted molar refractivity (Wildman–Crippen MR) is 94.2 cm³/mol. The summed E-state index contributed by atoms with van der Waals surface area (Å²) in [5.74, 6) is -0.798. The van der Waals surface area contributed by atoms with E-state index in [0.29, 0.717) is 5.13 Å². The van der Waals surface area contributed by atoms with Crippen molar-refractivity contribution < 1.29 is 14.6 Å². The summed E-state index contributed by atoms with van der Waals surface area (Å²) in [5, 5.41) is 3.34. The number of nitrogens with zero attached hydrogens (tertiary/aromatic N) is 1. The summed E-state index contributed by atoms with van der Waals surface area (Å²) in [6.07, 6.45) is 0. The fourth-order valence-corrected chi connectivity index (χ4v) is 4.62. The Morgan fingerprint density at radius 3 is 2.18 bits per heavy atom. The molecule has 7 heteroatoms. The molecule has 0 aliphatic heterocycles. The lowest BCUT2D eigenvalue weighted by atomic mass is 9.93. The molecule has 1 rings (SSSR count). The number of hydrogen-bond donors (Lipinski definition) is 1. The molecule has 22 heavy (non-hydrogen) atoms. The van der Waals surface area contributed by atoms with Gasteiger partial charge in [0.1, 0.15) is 5.25 Å². The van der Waals surface area contributed by atoms with Crippen molar-refractivity contribution in [3.63, 3.8) is 0 Å². The van der Waals surface area contributed by atoms with Gasteiger partial charge in [-0.05, 0) is 19.8 Å². The van der Waals surface area contributed by atoms with Crippen LogP contribution >= 0.6 is 11.3 Å². The highest BCUT2D eigenvalue weighted by Gasteiger charge is 2.37. The molecule has 0 radical (unpaired) electrons. The van der Waals surface area contributed by atoms with Gasteiger partial charge in [-0.3, -0.25) is 4.79 Å². The maximum Gasteiger partial charge on any atom is 0.244 e. The molecule has 0 aliphatic rings. The summed E-state index contributed by atoms with van der Waals surface area (Å²) in [7, 11) is -3.51. The van der Waals surface area contributed by atoms with Gasteiger partial charge in [0.05, 0.1) is 10.9 Å². The molecule has 5 nitrogen and oxygen atoms in total. The number of nitrogens with one attached hydrogen (secondary N) is 1. The van der Waals surface area contributed by atoms with Crippen LogP contribution in [0.4, 0.5) is 5.13 Å². The van der Waals surface area contributed by atoms with Gasteiger partial charge in [0.25, 0.3) is 0 Å². The standard InChI is InChI=1S/C15H26N2O3S2.H2/c1-9(2)12(22(19,20)10(3)4)13(18)17-14-16-11(8-21-14)15(5,6)7;/h8-10,12H,1-7H3,(H,16,17,18);1H. The number of sulfone groups is 1.